The molecule has 1 aliphatic rings. The second kappa shape index (κ2) is 13.5. The minimum Gasteiger partial charge on any atom is -0.326 e. The minimum absolute atomic E-state index is 0.00964. The van der Waals surface area contributed by atoms with E-state index in [1.165, 1.54) is 18.2 Å². The minimum atomic E-state index is -4.99. The van der Waals surface area contributed by atoms with Crippen LogP contribution in [-0.4, -0.2) is 39.5 Å². The van der Waals surface area contributed by atoms with Gasteiger partial charge in [0, 0.05) is 24.2 Å². The number of thioether (sulfide) groups is 1. The number of nitrogens with one attached hydrogen (secondary N) is 3. The molecule has 4 rings (SSSR count). The van der Waals surface area contributed by atoms with Crippen LogP contribution in [0.5, 0.6) is 0 Å². The van der Waals surface area contributed by atoms with Crippen LogP contribution >= 0.6 is 46.6 Å². The van der Waals surface area contributed by atoms with E-state index in [-0.39, 0.29) is 39.0 Å². The van der Waals surface area contributed by atoms with Gasteiger partial charge >= 0.3 is 6.18 Å². The summed E-state index contributed by atoms with van der Waals surface area (Å²) in [4.78, 5) is 37.9. The summed E-state index contributed by atoms with van der Waals surface area (Å²) in [5.74, 6) is -11.0. The third-order valence-corrected chi connectivity index (χ3v) is 9.01. The zero-order valence-electron chi connectivity index (χ0n) is 23.2. The molecule has 0 saturated heterocycles. The smallest absolute Gasteiger partial charge is 0.326 e. The van der Waals surface area contributed by atoms with E-state index in [1.807, 2.05) is 0 Å². The van der Waals surface area contributed by atoms with Crippen LogP contribution in [0, 0.1) is 17.6 Å². The molecule has 17 heteroatoms. The van der Waals surface area contributed by atoms with E-state index in [4.69, 9.17) is 34.8 Å². The zero-order chi connectivity index (χ0) is 34.2. The average molecular weight is 731 g/mol. The summed E-state index contributed by atoms with van der Waals surface area (Å²) < 4.78 is 92.0. The highest BCUT2D eigenvalue weighted by Gasteiger charge is 2.67. The molecule has 1 fully saturated rings. The number of anilines is 3. The van der Waals surface area contributed by atoms with Crippen molar-refractivity contribution in [3.8, 4) is 0 Å². The average Bonchev–Trinajstić information content (AvgIpc) is 3.51. The number of amides is 3. The molecule has 0 unspecified atom stereocenters. The number of benzene rings is 3. The van der Waals surface area contributed by atoms with Gasteiger partial charge in [0.1, 0.15) is 16.0 Å². The van der Waals surface area contributed by atoms with Gasteiger partial charge in [-0.2, -0.15) is 13.2 Å². The van der Waals surface area contributed by atoms with Gasteiger partial charge in [0.25, 0.3) is 11.8 Å². The Morgan fingerprint density at radius 1 is 0.870 bits per heavy atom. The first-order valence-electron chi connectivity index (χ1n) is 13.0. The molecule has 6 nitrogen and oxygen atoms in total. The predicted octanol–water partition coefficient (Wildman–Crippen LogP) is 8.74. The zero-order valence-corrected chi connectivity index (χ0v) is 26.3. The van der Waals surface area contributed by atoms with Gasteiger partial charge in [-0.3, -0.25) is 14.4 Å². The molecule has 0 radical (unpaired) electrons. The number of carbonyl (C=O) groups is 3. The highest BCUT2D eigenvalue weighted by molar-refractivity contribution is 8.00. The standard InChI is InChI=1S/C29H21Cl3F7N3O3S/c1-27(35,36)12-46-11-22(43)40-15-4-7-21(20(34)10-15)42-25(44)16-9-14(3-5-18(16)30)41-26(45)24-23(28(24,31)32)13-2-6-19(33)17(8-13)29(37,38)39/h2-10,23-24H,11-12H2,1H3,(H,40,43)(H,41,45)(H,42,44)/t23-,24+/m0/s1. The van der Waals surface area contributed by atoms with Crippen molar-refractivity contribution in [3.63, 3.8) is 0 Å². The quantitative estimate of drug-likeness (QED) is 0.144. The molecule has 0 bridgehead atoms. The maximum absolute atomic E-state index is 14.7. The van der Waals surface area contributed by atoms with E-state index >= 15 is 0 Å². The fourth-order valence-corrected chi connectivity index (χ4v) is 6.17. The summed E-state index contributed by atoms with van der Waals surface area (Å²) in [7, 11) is 0. The van der Waals surface area contributed by atoms with Crippen LogP contribution in [0.25, 0.3) is 0 Å². The van der Waals surface area contributed by atoms with Crippen LogP contribution in [0.1, 0.15) is 34.3 Å². The summed E-state index contributed by atoms with van der Waals surface area (Å²) in [5.41, 5.74) is -2.13. The lowest BCUT2D eigenvalue weighted by Crippen LogP contribution is -2.19. The number of halogens is 10. The lowest BCUT2D eigenvalue weighted by Gasteiger charge is -2.12. The van der Waals surface area contributed by atoms with Crippen molar-refractivity contribution < 1.29 is 45.1 Å². The topological polar surface area (TPSA) is 87.3 Å². The first kappa shape index (κ1) is 35.7. The molecule has 0 aliphatic heterocycles. The van der Waals surface area contributed by atoms with Crippen molar-refractivity contribution in [1.29, 1.82) is 0 Å². The van der Waals surface area contributed by atoms with Gasteiger partial charge in [-0.05, 0) is 54.1 Å². The van der Waals surface area contributed by atoms with E-state index in [0.29, 0.717) is 30.8 Å². The molecule has 0 spiro atoms. The first-order valence-corrected chi connectivity index (χ1v) is 15.3. The number of hydrogen-bond acceptors (Lipinski definition) is 4. The largest absolute Gasteiger partial charge is 0.419 e. The predicted molar refractivity (Wildman–Crippen MR) is 163 cm³/mol. The summed E-state index contributed by atoms with van der Waals surface area (Å²) in [6.07, 6.45) is -4.99. The van der Waals surface area contributed by atoms with Crippen molar-refractivity contribution in [2.45, 2.75) is 29.3 Å². The normalized spacial score (nSPS) is 17.3. The third-order valence-electron chi connectivity index (χ3n) is 6.56. The maximum Gasteiger partial charge on any atom is 0.419 e. The molecule has 1 aliphatic carbocycles. The molecule has 246 valence electrons. The van der Waals surface area contributed by atoms with Crippen molar-refractivity contribution in [2.24, 2.45) is 5.92 Å². The second-order valence-electron chi connectivity index (χ2n) is 10.3. The first-order chi connectivity index (χ1) is 21.3. The van der Waals surface area contributed by atoms with Gasteiger partial charge in [0.05, 0.1) is 39.3 Å². The molecule has 3 amide bonds. The summed E-state index contributed by atoms with van der Waals surface area (Å²) >= 11 is 19.3. The van der Waals surface area contributed by atoms with Gasteiger partial charge < -0.3 is 16.0 Å². The summed E-state index contributed by atoms with van der Waals surface area (Å²) in [6.45, 7) is 0.714. The highest BCUT2D eigenvalue weighted by Crippen LogP contribution is 2.65. The molecule has 0 aromatic heterocycles. The lowest BCUT2D eigenvalue weighted by atomic mass is 10.0. The van der Waals surface area contributed by atoms with Crippen LogP contribution in [0.15, 0.2) is 54.6 Å². The van der Waals surface area contributed by atoms with Crippen molar-refractivity contribution in [2.75, 3.05) is 27.5 Å². The maximum atomic E-state index is 14.7. The number of hydrogen-bond donors (Lipinski definition) is 3. The lowest BCUT2D eigenvalue weighted by molar-refractivity contribution is -0.140. The number of rotatable bonds is 10. The van der Waals surface area contributed by atoms with Gasteiger partial charge in [-0.1, -0.05) is 17.7 Å². The molecule has 3 aromatic carbocycles. The Kier molecular flexibility index (Phi) is 10.5. The van der Waals surface area contributed by atoms with Gasteiger partial charge in [0.2, 0.25) is 11.8 Å². The Morgan fingerprint density at radius 3 is 2.15 bits per heavy atom. The Hall–Kier alpha value is -3.20. The summed E-state index contributed by atoms with van der Waals surface area (Å²) in [5, 5.41) is 7.03. The van der Waals surface area contributed by atoms with Crippen LogP contribution in [0.4, 0.5) is 47.8 Å². The molecule has 2 atom stereocenters. The van der Waals surface area contributed by atoms with E-state index in [2.05, 4.69) is 16.0 Å². The van der Waals surface area contributed by atoms with E-state index in [0.717, 1.165) is 24.3 Å². The molecular formula is C29H21Cl3F7N3O3S. The van der Waals surface area contributed by atoms with Crippen LogP contribution in [-0.2, 0) is 15.8 Å². The van der Waals surface area contributed by atoms with Gasteiger partial charge in [0.15, 0.2) is 0 Å². The number of alkyl halides is 7. The van der Waals surface area contributed by atoms with Gasteiger partial charge in [-0.15, -0.1) is 35.0 Å². The molecule has 1 saturated carbocycles. The van der Waals surface area contributed by atoms with E-state index < -0.39 is 68.9 Å². The van der Waals surface area contributed by atoms with Gasteiger partial charge in [-0.25, -0.2) is 17.6 Å². The second-order valence-corrected chi connectivity index (χ2v) is 13.1. The van der Waals surface area contributed by atoms with Crippen molar-refractivity contribution in [1.82, 2.24) is 0 Å². The Labute approximate surface area is 276 Å². The SMILES string of the molecule is CC(F)(F)CSCC(=O)Nc1ccc(NC(=O)c2cc(NC(=O)[C@H]3[C@H](c4ccc(F)c(C(F)(F)F)c4)C3(Cl)Cl)ccc2Cl)c(F)c1. The van der Waals surface area contributed by atoms with Crippen LogP contribution in [0.2, 0.25) is 5.02 Å². The Bertz CT molecular complexity index is 1690. The molecule has 46 heavy (non-hydrogen) atoms. The van der Waals surface area contributed by atoms with Crippen molar-refractivity contribution in [3.05, 3.63) is 87.9 Å². The monoisotopic (exact) mass is 729 g/mol. The molecule has 0 heterocycles. The third kappa shape index (κ3) is 8.58. The molecular weight excluding hydrogens is 710 g/mol. The Morgan fingerprint density at radius 2 is 1.52 bits per heavy atom. The van der Waals surface area contributed by atoms with Crippen molar-refractivity contribution >= 4 is 81.3 Å². The van der Waals surface area contributed by atoms with E-state index in [9.17, 15) is 45.1 Å². The number of carbonyl (C=O) groups excluding carboxylic acids is 3. The Balaban J connectivity index is 1.42. The molecule has 3 N–H and O–H groups in total. The summed E-state index contributed by atoms with van der Waals surface area (Å²) in [6, 6.07) is 9.22. The molecule has 3 aromatic rings. The van der Waals surface area contributed by atoms with E-state index in [1.54, 1.807) is 0 Å². The van der Waals surface area contributed by atoms with Crippen LogP contribution in [0.3, 0.4) is 0 Å². The fraction of sp³-hybridized carbons (Fsp3) is 0.276. The van der Waals surface area contributed by atoms with Crippen LogP contribution < -0.4 is 16.0 Å². The fourth-order valence-electron chi connectivity index (χ4n) is 4.42. The highest BCUT2D eigenvalue weighted by atomic mass is 35.5.